The Balaban J connectivity index is 1.33. The SMILES string of the molecule is CCCCCCCCCCC(CCCCCCCC)COC(=O)CSCC(=O)O[C@H](C(=O)O[C@@H]1C[C@]2(O)[C@H](OC(=O)c3ccccc3)[C@H]3[C@@]4(OC(C)=O)CO[C@H]4C[C@@H](OC)[C@]3(C)C(=O)[C@@H](OC)C(=C1C)C2(C)C)[C@H](NC(=O)OC(C)(C)C)c1ccccc1. The van der Waals surface area contributed by atoms with Gasteiger partial charge in [-0.15, -0.1) is 11.8 Å². The van der Waals surface area contributed by atoms with E-state index in [1.165, 1.54) is 97.5 Å². The number of Topliss-reactive ketones (excluding diaryl/α,β-unsaturated/α-hetero) is 1. The van der Waals surface area contributed by atoms with Crippen molar-refractivity contribution in [2.75, 3.05) is 38.9 Å². The molecule has 19 heteroatoms. The van der Waals surface area contributed by atoms with Crippen LogP contribution in [-0.2, 0) is 66.6 Å². The van der Waals surface area contributed by atoms with Gasteiger partial charge in [-0.3, -0.25) is 19.2 Å². The molecular formula is C69H101NO17S. The van der Waals surface area contributed by atoms with Crippen molar-refractivity contribution in [1.29, 1.82) is 0 Å². The molecule has 4 aliphatic rings. The fourth-order valence-corrected chi connectivity index (χ4v) is 14.5. The highest BCUT2D eigenvalue weighted by Crippen LogP contribution is 2.65. The van der Waals surface area contributed by atoms with Crippen molar-refractivity contribution in [3.05, 3.63) is 82.9 Å². The van der Waals surface area contributed by atoms with Crippen LogP contribution in [0.1, 0.15) is 207 Å². The summed E-state index contributed by atoms with van der Waals surface area (Å²) in [6.45, 7) is 17.3. The number of ether oxygens (including phenoxy) is 9. The normalized spacial score (nSPS) is 26.5. The van der Waals surface area contributed by atoms with E-state index in [1.54, 1.807) is 97.0 Å². The lowest BCUT2D eigenvalue weighted by atomic mass is 9.44. The summed E-state index contributed by atoms with van der Waals surface area (Å²) in [6.07, 6.45) is 8.79. The van der Waals surface area contributed by atoms with Gasteiger partial charge < -0.3 is 53.1 Å². The topological polar surface area (TPSA) is 235 Å². The minimum Gasteiger partial charge on any atom is -0.465 e. The van der Waals surface area contributed by atoms with E-state index in [9.17, 15) is 29.1 Å². The van der Waals surface area contributed by atoms with Crippen LogP contribution in [0.2, 0.25) is 0 Å². The van der Waals surface area contributed by atoms with Crippen LogP contribution in [0.3, 0.4) is 0 Å². The number of carbonyl (C=O) groups is 7. The van der Waals surface area contributed by atoms with E-state index in [0.29, 0.717) is 11.1 Å². The van der Waals surface area contributed by atoms with Crippen LogP contribution in [0, 0.1) is 22.7 Å². The summed E-state index contributed by atoms with van der Waals surface area (Å²) in [5, 5.41) is 16.9. The number of amides is 1. The van der Waals surface area contributed by atoms with Crippen molar-refractivity contribution in [1.82, 2.24) is 5.32 Å². The number of rotatable bonds is 33. The molecule has 0 radical (unpaired) electrons. The average Bonchev–Trinajstić information content (AvgIpc) is 0.672. The van der Waals surface area contributed by atoms with E-state index in [1.807, 2.05) is 0 Å². The summed E-state index contributed by atoms with van der Waals surface area (Å²) in [6, 6.07) is 14.9. The Morgan fingerprint density at radius 2 is 1.34 bits per heavy atom. The summed E-state index contributed by atoms with van der Waals surface area (Å²) in [5.41, 5.74) is -7.33. The third kappa shape index (κ3) is 17.4. The number of unbranched alkanes of at least 4 members (excludes halogenated alkanes) is 12. The first-order valence-electron chi connectivity index (χ1n) is 32.1. The largest absolute Gasteiger partial charge is 0.465 e. The maximum Gasteiger partial charge on any atom is 0.408 e. The van der Waals surface area contributed by atoms with Gasteiger partial charge in [-0.25, -0.2) is 14.4 Å². The zero-order valence-electron chi connectivity index (χ0n) is 54.4. The van der Waals surface area contributed by atoms with E-state index < -0.39 is 130 Å². The Bertz CT molecular complexity index is 2680. The minimum absolute atomic E-state index is 0.0836. The van der Waals surface area contributed by atoms with Crippen LogP contribution in [0.15, 0.2) is 71.8 Å². The van der Waals surface area contributed by atoms with Gasteiger partial charge in [0.2, 0.25) is 6.10 Å². The number of fused-ring (bicyclic) bond motifs is 5. The summed E-state index contributed by atoms with van der Waals surface area (Å²) < 4.78 is 55.6. The summed E-state index contributed by atoms with van der Waals surface area (Å²) >= 11 is 0.951. The molecule has 2 bridgehead atoms. The molecule has 2 aromatic rings. The Morgan fingerprint density at radius 1 is 0.773 bits per heavy atom. The number of esters is 5. The average molecular weight is 1250 g/mol. The number of methoxy groups -OCH3 is 2. The lowest BCUT2D eigenvalue weighted by Gasteiger charge is -2.67. The smallest absolute Gasteiger partial charge is 0.408 e. The predicted molar refractivity (Wildman–Crippen MR) is 334 cm³/mol. The molecule has 6 rings (SSSR count). The van der Waals surface area contributed by atoms with E-state index in [-0.39, 0.29) is 42.4 Å². The van der Waals surface area contributed by atoms with Crippen LogP contribution >= 0.6 is 11.8 Å². The molecule has 3 aliphatic carbocycles. The number of hydrogen-bond acceptors (Lipinski definition) is 18. The van der Waals surface area contributed by atoms with E-state index in [0.717, 1.165) is 50.3 Å². The number of thioether (sulfide) groups is 1. The molecule has 3 fully saturated rings. The molecule has 0 spiro atoms. The summed E-state index contributed by atoms with van der Waals surface area (Å²) in [7, 11) is 2.78. The van der Waals surface area contributed by atoms with Crippen LogP contribution in [0.5, 0.6) is 0 Å². The third-order valence-electron chi connectivity index (χ3n) is 18.6. The quantitative estimate of drug-likeness (QED) is 0.0292. The third-order valence-corrected chi connectivity index (χ3v) is 19.5. The maximum absolute atomic E-state index is 16.0. The zero-order valence-corrected chi connectivity index (χ0v) is 55.2. The fraction of sp³-hybridized carbons (Fsp3) is 0.696. The van der Waals surface area contributed by atoms with Gasteiger partial charge in [-0.2, -0.15) is 0 Å². The number of alkyl carbamates (subject to hydrolysis) is 1. The molecule has 1 heterocycles. The van der Waals surface area contributed by atoms with Crippen molar-refractivity contribution in [2.45, 2.75) is 244 Å². The molecule has 2 aromatic carbocycles. The van der Waals surface area contributed by atoms with Gasteiger partial charge in [0.05, 0.1) is 47.7 Å². The highest BCUT2D eigenvalue weighted by Gasteiger charge is 2.78. The molecule has 88 heavy (non-hydrogen) atoms. The summed E-state index contributed by atoms with van der Waals surface area (Å²) in [5.74, 6) is -6.48. The lowest BCUT2D eigenvalue weighted by Crippen LogP contribution is -2.82. The number of benzene rings is 2. The van der Waals surface area contributed by atoms with E-state index in [4.69, 9.17) is 42.6 Å². The first-order chi connectivity index (χ1) is 41.8. The van der Waals surface area contributed by atoms with Gasteiger partial charge in [-0.1, -0.05) is 166 Å². The van der Waals surface area contributed by atoms with Crippen molar-refractivity contribution in [2.24, 2.45) is 22.7 Å². The maximum atomic E-state index is 16.0. The second kappa shape index (κ2) is 32.6. The van der Waals surface area contributed by atoms with Crippen LogP contribution in [0.4, 0.5) is 4.79 Å². The standard InChI is InChI=1S/C69H101NO17S/c1-13-15-17-19-21-22-24-28-34-47(33-27-23-20-18-16-14-2)41-81-53(72)42-88-43-54(73)84-58(56(48-35-29-25-30-36-48)70-64(77)87-65(5,6)7)63(76)83-50-40-69(78)61(85-62(75)49-37-31-26-32-38-49)59-67(10,60(74)57(80-12)55(45(50)3)66(69,8)9)51(79-11)39-52-68(59,44-82-52)86-46(4)71/h25-26,29-32,35-38,47,50-52,56-59,61,78H,13-24,27-28,33-34,39-44H2,1-12H3,(H,70,77)/t47?,50-,51-,52+,56-,57+,58+,59-,61-,67+,68-,69+/m1/s1. The summed E-state index contributed by atoms with van der Waals surface area (Å²) in [4.78, 5) is 101. The molecule has 2 saturated carbocycles. The van der Waals surface area contributed by atoms with Gasteiger partial charge in [0, 0.05) is 39.4 Å². The fourth-order valence-electron chi connectivity index (χ4n) is 13.9. The van der Waals surface area contributed by atoms with E-state index >= 15 is 9.59 Å². The van der Waals surface area contributed by atoms with Crippen molar-refractivity contribution in [3.8, 4) is 0 Å². The molecular weight excluding hydrogens is 1150 g/mol. The van der Waals surface area contributed by atoms with Gasteiger partial charge in [0.25, 0.3) is 0 Å². The Morgan fingerprint density at radius 3 is 1.88 bits per heavy atom. The second-order valence-electron chi connectivity index (χ2n) is 26.3. The van der Waals surface area contributed by atoms with Crippen molar-refractivity contribution in [3.63, 3.8) is 0 Å². The molecule has 0 aromatic heterocycles. The number of nitrogens with one attached hydrogen (secondary N) is 1. The highest BCUT2D eigenvalue weighted by molar-refractivity contribution is 8.00. The molecule has 12 atom stereocenters. The minimum atomic E-state index is -2.32. The Kier molecular flexibility index (Phi) is 26.6. The first-order valence-corrected chi connectivity index (χ1v) is 33.3. The number of ketones is 1. The molecule has 2 N–H and O–H groups in total. The van der Waals surface area contributed by atoms with Crippen LogP contribution < -0.4 is 5.32 Å². The van der Waals surface area contributed by atoms with Crippen LogP contribution in [-0.4, -0.2) is 139 Å². The van der Waals surface area contributed by atoms with Gasteiger partial charge in [-0.05, 0) is 82.2 Å². The molecule has 18 nitrogen and oxygen atoms in total. The van der Waals surface area contributed by atoms with Crippen molar-refractivity contribution >= 4 is 53.5 Å². The molecule has 1 aliphatic heterocycles. The predicted octanol–water partition coefficient (Wildman–Crippen LogP) is 12.3. The number of aliphatic hydroxyl groups is 1. The molecule has 1 saturated heterocycles. The van der Waals surface area contributed by atoms with Gasteiger partial charge >= 0.3 is 35.9 Å². The highest BCUT2D eigenvalue weighted by atomic mass is 32.2. The molecule has 1 unspecified atom stereocenters. The lowest BCUT2D eigenvalue weighted by molar-refractivity contribution is -0.347. The Labute approximate surface area is 526 Å². The number of hydrogen-bond donors (Lipinski definition) is 2. The molecule has 1 amide bonds. The second-order valence-corrected chi connectivity index (χ2v) is 27.3. The van der Waals surface area contributed by atoms with Gasteiger partial charge in [0.15, 0.2) is 11.4 Å². The molecule has 490 valence electrons. The van der Waals surface area contributed by atoms with Gasteiger partial charge in [0.1, 0.15) is 41.7 Å². The monoisotopic (exact) mass is 1250 g/mol. The van der Waals surface area contributed by atoms with E-state index in [2.05, 4.69) is 19.2 Å². The van der Waals surface area contributed by atoms with Crippen molar-refractivity contribution < 1.29 is 81.3 Å². The van der Waals surface area contributed by atoms with Crippen LogP contribution in [0.25, 0.3) is 0 Å². The zero-order chi connectivity index (χ0) is 64.5. The first kappa shape index (κ1) is 71.7. The Hall–Kier alpha value is -5.34. The number of carbonyl (C=O) groups excluding carboxylic acids is 7.